The molecule has 1 saturated heterocycles. The molecule has 0 bridgehead atoms. The molecular formula is C23H31F3N4O. The van der Waals surface area contributed by atoms with E-state index in [2.05, 4.69) is 15.1 Å². The third-order valence-electron chi connectivity index (χ3n) is 6.55. The Hall–Kier alpha value is -2.27. The second-order valence-electron chi connectivity index (χ2n) is 8.74. The van der Waals surface area contributed by atoms with Crippen LogP contribution in [0.15, 0.2) is 18.2 Å². The Morgan fingerprint density at radius 2 is 1.84 bits per heavy atom. The number of anilines is 1. The molecule has 0 radical (unpaired) electrons. The maximum absolute atomic E-state index is 13.1. The van der Waals surface area contributed by atoms with E-state index in [0.717, 1.165) is 76.5 Å². The molecule has 1 N–H and O–H groups in total. The molecular weight excluding hydrogens is 405 g/mol. The molecule has 0 atom stereocenters. The van der Waals surface area contributed by atoms with Gasteiger partial charge in [-0.3, -0.25) is 9.69 Å². The van der Waals surface area contributed by atoms with Crippen LogP contribution < -0.4 is 10.2 Å². The zero-order valence-electron chi connectivity index (χ0n) is 18.0. The first-order valence-electron chi connectivity index (χ1n) is 11.1. The van der Waals surface area contributed by atoms with Crippen molar-refractivity contribution in [3.63, 3.8) is 0 Å². The van der Waals surface area contributed by atoms with Gasteiger partial charge in [0.25, 0.3) is 0 Å². The quantitative estimate of drug-likeness (QED) is 0.729. The lowest BCUT2D eigenvalue weighted by atomic mass is 9.84. The van der Waals surface area contributed by atoms with Crippen LogP contribution in [0.2, 0.25) is 0 Å². The molecule has 8 heteroatoms. The second-order valence-corrected chi connectivity index (χ2v) is 8.74. The van der Waals surface area contributed by atoms with Crippen molar-refractivity contribution in [1.29, 1.82) is 5.26 Å². The molecule has 1 amide bonds. The number of nitrogens with zero attached hydrogens (tertiary/aromatic N) is 3. The SMILES string of the molecule is Cc1ccc(C(F)(F)F)cc1N1CCN(CC[C@H]2CC[C@H](NC(=O)CC#N)CC2)CC1. The summed E-state index contributed by atoms with van der Waals surface area (Å²) in [5.41, 5.74) is 0.973. The third kappa shape index (κ3) is 6.60. The number of hydrogen-bond acceptors (Lipinski definition) is 4. The summed E-state index contributed by atoms with van der Waals surface area (Å²) >= 11 is 0. The average Bonchev–Trinajstić information content (AvgIpc) is 2.73. The van der Waals surface area contributed by atoms with Crippen LogP contribution >= 0.6 is 0 Å². The van der Waals surface area contributed by atoms with Crippen molar-refractivity contribution in [2.24, 2.45) is 5.92 Å². The van der Waals surface area contributed by atoms with Gasteiger partial charge in [0.1, 0.15) is 6.42 Å². The monoisotopic (exact) mass is 436 g/mol. The van der Waals surface area contributed by atoms with E-state index in [1.54, 1.807) is 6.07 Å². The van der Waals surface area contributed by atoms with Crippen molar-refractivity contribution in [3.8, 4) is 6.07 Å². The number of benzene rings is 1. The van der Waals surface area contributed by atoms with Gasteiger partial charge in [0, 0.05) is 37.9 Å². The third-order valence-corrected chi connectivity index (χ3v) is 6.55. The minimum atomic E-state index is -4.32. The molecule has 1 aromatic carbocycles. The second kappa shape index (κ2) is 10.4. The topological polar surface area (TPSA) is 59.4 Å². The molecule has 1 aliphatic carbocycles. The number of rotatable bonds is 6. The van der Waals surface area contributed by atoms with Gasteiger partial charge in [-0.25, -0.2) is 0 Å². The molecule has 1 aliphatic heterocycles. The van der Waals surface area contributed by atoms with Gasteiger partial charge in [-0.05, 0) is 69.2 Å². The summed E-state index contributed by atoms with van der Waals surface area (Å²) in [7, 11) is 0. The van der Waals surface area contributed by atoms with Crippen LogP contribution in [-0.2, 0) is 11.0 Å². The highest BCUT2D eigenvalue weighted by Gasteiger charge is 2.32. The number of amides is 1. The summed E-state index contributed by atoms with van der Waals surface area (Å²) in [5, 5.41) is 11.5. The van der Waals surface area contributed by atoms with Gasteiger partial charge in [0.15, 0.2) is 0 Å². The standard InChI is InChI=1S/C23H31F3N4O/c1-17-2-5-19(23(24,25)26)16-21(17)30-14-12-29(13-15-30)11-9-18-3-6-20(7-4-18)28-22(31)8-10-27/h2,5,16,18,20H,3-4,6-9,11-15H2,1H3,(H,28,31)/t18-,20-. The summed E-state index contributed by atoms with van der Waals surface area (Å²) in [6.07, 6.45) is 0.811. The van der Waals surface area contributed by atoms with E-state index in [-0.39, 0.29) is 18.4 Å². The molecule has 5 nitrogen and oxygen atoms in total. The minimum absolute atomic E-state index is 0.0775. The summed E-state index contributed by atoms with van der Waals surface area (Å²) in [4.78, 5) is 16.0. The van der Waals surface area contributed by atoms with Gasteiger partial charge in [-0.15, -0.1) is 0 Å². The minimum Gasteiger partial charge on any atom is -0.369 e. The Labute approximate surface area is 182 Å². The lowest BCUT2D eigenvalue weighted by Crippen LogP contribution is -2.47. The van der Waals surface area contributed by atoms with Crippen LogP contribution in [0.5, 0.6) is 0 Å². The molecule has 0 aromatic heterocycles. The molecule has 170 valence electrons. The van der Waals surface area contributed by atoms with Gasteiger partial charge < -0.3 is 10.2 Å². The van der Waals surface area contributed by atoms with Crippen LogP contribution in [0.4, 0.5) is 18.9 Å². The van der Waals surface area contributed by atoms with Crippen molar-refractivity contribution >= 4 is 11.6 Å². The number of hydrogen-bond donors (Lipinski definition) is 1. The number of nitrogens with one attached hydrogen (secondary N) is 1. The summed E-state index contributed by atoms with van der Waals surface area (Å²) in [5.74, 6) is 0.465. The van der Waals surface area contributed by atoms with Crippen molar-refractivity contribution in [3.05, 3.63) is 29.3 Å². The van der Waals surface area contributed by atoms with Crippen LogP contribution in [0.3, 0.4) is 0 Å². The van der Waals surface area contributed by atoms with Gasteiger partial charge in [-0.1, -0.05) is 6.07 Å². The first kappa shape index (κ1) is 23.4. The number of piperazine rings is 1. The lowest BCUT2D eigenvalue weighted by molar-refractivity contribution is -0.137. The number of carbonyl (C=O) groups excluding carboxylic acids is 1. The number of carbonyl (C=O) groups is 1. The van der Waals surface area contributed by atoms with Crippen molar-refractivity contribution in [2.75, 3.05) is 37.6 Å². The van der Waals surface area contributed by atoms with Gasteiger partial charge in [0.2, 0.25) is 5.91 Å². The lowest BCUT2D eigenvalue weighted by Gasteiger charge is -2.38. The molecule has 31 heavy (non-hydrogen) atoms. The first-order valence-corrected chi connectivity index (χ1v) is 11.1. The van der Waals surface area contributed by atoms with Gasteiger partial charge >= 0.3 is 6.18 Å². The maximum Gasteiger partial charge on any atom is 0.416 e. The van der Waals surface area contributed by atoms with Gasteiger partial charge in [0.05, 0.1) is 11.6 Å². The number of nitriles is 1. The normalized spacial score (nSPS) is 22.7. The predicted molar refractivity (Wildman–Crippen MR) is 114 cm³/mol. The Bertz CT molecular complexity index is 789. The molecule has 1 heterocycles. The van der Waals surface area contributed by atoms with Gasteiger partial charge in [-0.2, -0.15) is 18.4 Å². The fourth-order valence-electron chi connectivity index (χ4n) is 4.65. The highest BCUT2D eigenvalue weighted by atomic mass is 19.4. The molecule has 2 aliphatic rings. The Morgan fingerprint density at radius 1 is 1.16 bits per heavy atom. The highest BCUT2D eigenvalue weighted by Crippen LogP contribution is 2.34. The van der Waals surface area contributed by atoms with E-state index in [9.17, 15) is 18.0 Å². The van der Waals surface area contributed by atoms with E-state index < -0.39 is 11.7 Å². The van der Waals surface area contributed by atoms with Crippen molar-refractivity contribution in [2.45, 2.75) is 57.7 Å². The van der Waals surface area contributed by atoms with E-state index >= 15 is 0 Å². The van der Waals surface area contributed by atoms with E-state index in [1.807, 2.05) is 13.0 Å². The number of aryl methyl sites for hydroxylation is 1. The molecule has 3 rings (SSSR count). The fourth-order valence-corrected chi connectivity index (χ4v) is 4.65. The van der Waals surface area contributed by atoms with E-state index in [4.69, 9.17) is 5.26 Å². The summed E-state index contributed by atoms with van der Waals surface area (Å²) < 4.78 is 39.2. The van der Waals surface area contributed by atoms with Crippen molar-refractivity contribution < 1.29 is 18.0 Å². The smallest absolute Gasteiger partial charge is 0.369 e. The summed E-state index contributed by atoms with van der Waals surface area (Å²) in [6, 6.07) is 6.06. The zero-order valence-corrected chi connectivity index (χ0v) is 18.0. The van der Waals surface area contributed by atoms with Crippen LogP contribution in [0, 0.1) is 24.2 Å². The fraction of sp³-hybridized carbons (Fsp3) is 0.652. The first-order chi connectivity index (χ1) is 14.8. The Balaban J connectivity index is 1.41. The van der Waals surface area contributed by atoms with Crippen molar-refractivity contribution in [1.82, 2.24) is 10.2 Å². The van der Waals surface area contributed by atoms with E-state index in [0.29, 0.717) is 11.6 Å². The number of alkyl halides is 3. The Kier molecular flexibility index (Phi) is 7.82. The zero-order chi connectivity index (χ0) is 22.4. The largest absolute Gasteiger partial charge is 0.416 e. The highest BCUT2D eigenvalue weighted by molar-refractivity contribution is 5.78. The maximum atomic E-state index is 13.1. The average molecular weight is 437 g/mol. The molecule has 2 fully saturated rings. The van der Waals surface area contributed by atoms with Crippen LogP contribution in [0.1, 0.15) is 49.7 Å². The predicted octanol–water partition coefficient (Wildman–Crippen LogP) is 4.11. The van der Waals surface area contributed by atoms with Crippen LogP contribution in [-0.4, -0.2) is 49.6 Å². The summed E-state index contributed by atoms with van der Waals surface area (Å²) in [6.45, 7) is 6.05. The van der Waals surface area contributed by atoms with Crippen LogP contribution in [0.25, 0.3) is 0 Å². The van der Waals surface area contributed by atoms with E-state index in [1.165, 1.54) is 6.07 Å². The molecule has 0 unspecified atom stereocenters. The molecule has 0 spiro atoms. The Morgan fingerprint density at radius 3 is 2.45 bits per heavy atom. The molecule has 1 aromatic rings. The number of halogens is 3. The molecule has 1 saturated carbocycles.